The van der Waals surface area contributed by atoms with Gasteiger partial charge in [-0.3, -0.25) is 4.79 Å². The van der Waals surface area contributed by atoms with Gasteiger partial charge in [-0.25, -0.2) is 8.42 Å². The van der Waals surface area contributed by atoms with Gasteiger partial charge in [0.25, 0.3) is 0 Å². The molecule has 1 aromatic carbocycles. The second kappa shape index (κ2) is 6.58. The maximum absolute atomic E-state index is 12.0. The third kappa shape index (κ3) is 5.13. The monoisotopic (exact) mass is 311 g/mol. The zero-order valence-electron chi connectivity index (χ0n) is 12.5. The Hall–Kier alpha value is -1.40. The molecule has 1 fully saturated rings. The van der Waals surface area contributed by atoms with Crippen LogP contribution in [-0.4, -0.2) is 37.9 Å². The van der Waals surface area contributed by atoms with Crippen LogP contribution in [0.1, 0.15) is 25.3 Å². The topological polar surface area (TPSA) is 79.8 Å². The molecule has 1 heterocycles. The summed E-state index contributed by atoms with van der Waals surface area (Å²) >= 11 is 0. The van der Waals surface area contributed by atoms with E-state index in [9.17, 15) is 13.2 Å². The predicted octanol–water partition coefficient (Wildman–Crippen LogP) is 0.463. The molecule has 1 saturated heterocycles. The number of amides is 1. The average molecular weight is 311 g/mol. The molecule has 2 rings (SSSR count). The number of anilines is 1. The lowest BCUT2D eigenvalue weighted by molar-refractivity contribution is -0.712. The highest BCUT2D eigenvalue weighted by Gasteiger charge is 2.31. The van der Waals surface area contributed by atoms with Crippen molar-refractivity contribution < 1.29 is 18.5 Å². The van der Waals surface area contributed by atoms with Crippen LogP contribution in [-0.2, 0) is 14.6 Å². The minimum absolute atomic E-state index is 0.0385. The summed E-state index contributed by atoms with van der Waals surface area (Å²) < 4.78 is 22.8. The zero-order valence-corrected chi connectivity index (χ0v) is 13.3. The zero-order chi connectivity index (χ0) is 15.5. The lowest BCUT2D eigenvalue weighted by Gasteiger charge is -2.15. The van der Waals surface area contributed by atoms with Gasteiger partial charge in [-0.05, 0) is 26.0 Å². The van der Waals surface area contributed by atoms with Gasteiger partial charge >= 0.3 is 0 Å². The van der Waals surface area contributed by atoms with E-state index in [2.05, 4.69) is 5.32 Å². The molecule has 116 valence electrons. The van der Waals surface area contributed by atoms with E-state index in [-0.39, 0.29) is 29.5 Å². The Balaban J connectivity index is 1.78. The summed E-state index contributed by atoms with van der Waals surface area (Å²) in [5, 5.41) is 4.88. The fourth-order valence-electron chi connectivity index (χ4n) is 2.65. The molecule has 5 nitrogen and oxygen atoms in total. The molecule has 1 amide bonds. The van der Waals surface area contributed by atoms with E-state index >= 15 is 0 Å². The molecule has 3 N–H and O–H groups in total. The summed E-state index contributed by atoms with van der Waals surface area (Å²) in [6.07, 6.45) is 1.07. The summed E-state index contributed by atoms with van der Waals surface area (Å²) in [6, 6.07) is 7.84. The Morgan fingerprint density at radius 3 is 2.62 bits per heavy atom. The SMILES string of the molecule is Cc1ccc(NC(=O)C[C@H](C)[NH2+][C@H]2CCS(=O)(=O)C2)cc1. The first-order chi connectivity index (χ1) is 9.84. The van der Waals surface area contributed by atoms with E-state index in [1.165, 1.54) is 0 Å². The number of rotatable bonds is 5. The molecular formula is C15H23N2O3S+. The number of hydrogen-bond acceptors (Lipinski definition) is 3. The van der Waals surface area contributed by atoms with Crippen LogP contribution in [0.25, 0.3) is 0 Å². The van der Waals surface area contributed by atoms with Gasteiger partial charge < -0.3 is 10.6 Å². The number of carbonyl (C=O) groups excluding carboxylic acids is 1. The predicted molar refractivity (Wildman–Crippen MR) is 82.9 cm³/mol. The van der Waals surface area contributed by atoms with Gasteiger partial charge in [-0.1, -0.05) is 17.7 Å². The highest BCUT2D eigenvalue weighted by molar-refractivity contribution is 7.91. The Bertz CT molecular complexity index is 596. The van der Waals surface area contributed by atoms with Crippen molar-refractivity contribution in [1.82, 2.24) is 0 Å². The third-order valence-corrected chi connectivity index (χ3v) is 5.50. The number of sulfone groups is 1. The van der Waals surface area contributed by atoms with Crippen LogP contribution in [0.15, 0.2) is 24.3 Å². The molecule has 0 unspecified atom stereocenters. The maximum atomic E-state index is 12.0. The number of benzene rings is 1. The largest absolute Gasteiger partial charge is 0.340 e. The Kier molecular flexibility index (Phi) is 5.00. The van der Waals surface area contributed by atoms with Crippen molar-refractivity contribution in [2.24, 2.45) is 0 Å². The Morgan fingerprint density at radius 2 is 2.05 bits per heavy atom. The molecule has 1 aliphatic rings. The van der Waals surface area contributed by atoms with Crippen LogP contribution < -0.4 is 10.6 Å². The molecule has 6 heteroatoms. The van der Waals surface area contributed by atoms with Crippen LogP contribution >= 0.6 is 0 Å². The molecule has 2 atom stereocenters. The number of carbonyl (C=O) groups is 1. The van der Waals surface area contributed by atoms with Crippen molar-refractivity contribution in [1.29, 1.82) is 0 Å². The van der Waals surface area contributed by atoms with Gasteiger partial charge in [0.1, 0.15) is 11.8 Å². The highest BCUT2D eigenvalue weighted by atomic mass is 32.2. The van der Waals surface area contributed by atoms with Gasteiger partial charge in [0.15, 0.2) is 9.84 Å². The quantitative estimate of drug-likeness (QED) is 0.829. The smallest absolute Gasteiger partial charge is 0.230 e. The average Bonchev–Trinajstić information content (AvgIpc) is 2.71. The lowest BCUT2D eigenvalue weighted by atomic mass is 10.1. The minimum Gasteiger partial charge on any atom is -0.340 e. The van der Waals surface area contributed by atoms with Crippen LogP contribution in [0.2, 0.25) is 0 Å². The Morgan fingerprint density at radius 1 is 1.38 bits per heavy atom. The minimum atomic E-state index is -2.85. The van der Waals surface area contributed by atoms with Crippen molar-refractivity contribution in [2.75, 3.05) is 16.8 Å². The summed E-state index contributed by atoms with van der Waals surface area (Å²) in [5.41, 5.74) is 1.94. The van der Waals surface area contributed by atoms with E-state index < -0.39 is 9.84 Å². The van der Waals surface area contributed by atoms with Gasteiger partial charge in [0, 0.05) is 12.1 Å². The summed E-state index contributed by atoms with van der Waals surface area (Å²) in [5.74, 6) is 0.469. The van der Waals surface area contributed by atoms with E-state index in [0.29, 0.717) is 12.8 Å². The van der Waals surface area contributed by atoms with Gasteiger partial charge in [-0.2, -0.15) is 0 Å². The molecule has 1 aliphatic heterocycles. The van der Waals surface area contributed by atoms with Crippen molar-refractivity contribution in [2.45, 2.75) is 38.8 Å². The number of quaternary nitrogens is 1. The van der Waals surface area contributed by atoms with Crippen LogP contribution in [0.5, 0.6) is 0 Å². The highest BCUT2D eigenvalue weighted by Crippen LogP contribution is 2.10. The van der Waals surface area contributed by atoms with E-state index in [0.717, 1.165) is 11.3 Å². The molecule has 21 heavy (non-hydrogen) atoms. The first kappa shape index (κ1) is 16.0. The number of aryl methyl sites for hydroxylation is 1. The molecule has 0 bridgehead atoms. The second-order valence-corrected chi connectivity index (χ2v) is 8.18. The van der Waals surface area contributed by atoms with Gasteiger partial charge in [0.2, 0.25) is 5.91 Å². The van der Waals surface area contributed by atoms with E-state index in [1.54, 1.807) is 0 Å². The van der Waals surface area contributed by atoms with Crippen molar-refractivity contribution in [3.8, 4) is 0 Å². The van der Waals surface area contributed by atoms with Crippen LogP contribution in [0.4, 0.5) is 5.69 Å². The molecule has 1 aromatic rings. The van der Waals surface area contributed by atoms with Gasteiger partial charge in [-0.15, -0.1) is 0 Å². The first-order valence-corrected chi connectivity index (χ1v) is 9.08. The first-order valence-electron chi connectivity index (χ1n) is 7.26. The normalized spacial score (nSPS) is 21.9. The summed E-state index contributed by atoms with van der Waals surface area (Å²) in [4.78, 5) is 12.0. The second-order valence-electron chi connectivity index (χ2n) is 5.95. The Labute approximate surface area is 126 Å². The summed E-state index contributed by atoms with van der Waals surface area (Å²) in [7, 11) is -2.85. The number of nitrogens with two attached hydrogens (primary N) is 1. The summed E-state index contributed by atoms with van der Waals surface area (Å²) in [6.45, 7) is 3.96. The maximum Gasteiger partial charge on any atom is 0.230 e. The van der Waals surface area contributed by atoms with Crippen LogP contribution in [0, 0.1) is 6.92 Å². The molecule has 0 aliphatic carbocycles. The third-order valence-electron chi connectivity index (χ3n) is 3.71. The molecule has 0 spiro atoms. The van der Waals surface area contributed by atoms with Crippen LogP contribution in [0.3, 0.4) is 0 Å². The van der Waals surface area contributed by atoms with E-state index in [4.69, 9.17) is 0 Å². The molecule has 0 saturated carbocycles. The fraction of sp³-hybridized carbons (Fsp3) is 0.533. The van der Waals surface area contributed by atoms with Crippen molar-refractivity contribution >= 4 is 21.4 Å². The van der Waals surface area contributed by atoms with Crippen molar-refractivity contribution in [3.05, 3.63) is 29.8 Å². The number of hydrogen-bond donors (Lipinski definition) is 2. The van der Waals surface area contributed by atoms with E-state index in [1.807, 2.05) is 43.4 Å². The number of nitrogens with one attached hydrogen (secondary N) is 1. The van der Waals surface area contributed by atoms with Gasteiger partial charge in [0.05, 0.1) is 18.2 Å². The molecular weight excluding hydrogens is 288 g/mol. The molecule has 0 aromatic heterocycles. The fourth-order valence-corrected chi connectivity index (χ4v) is 4.41. The molecule has 0 radical (unpaired) electrons. The van der Waals surface area contributed by atoms with Crippen molar-refractivity contribution in [3.63, 3.8) is 0 Å². The lowest BCUT2D eigenvalue weighted by Crippen LogP contribution is -2.95. The standard InChI is InChI=1S/C15H22N2O3S/c1-11-3-5-13(6-4-11)17-15(18)9-12(2)16-14-7-8-21(19,20)10-14/h3-6,12,14,16H,7-10H2,1-2H3,(H,17,18)/p+1/t12-,14-/m0/s1.